The van der Waals surface area contributed by atoms with Gasteiger partial charge in [0.25, 0.3) is 0 Å². The number of nitrogens with zero attached hydrogens (tertiary/aromatic N) is 1. The Bertz CT molecular complexity index is 518. The Kier molecular flexibility index (Phi) is 2.40. The molecule has 2 heterocycles. The summed E-state index contributed by atoms with van der Waals surface area (Å²) in [6, 6.07) is 6.37. The number of benzene rings is 1. The topological polar surface area (TPSA) is 22.1 Å². The van der Waals surface area contributed by atoms with Gasteiger partial charge in [-0.3, -0.25) is 0 Å². The third-order valence-corrected chi connectivity index (χ3v) is 3.79. The molecule has 0 amide bonds. The molecular weight excluding hydrogens is 218 g/mol. The number of aromatic nitrogens is 1. The van der Waals surface area contributed by atoms with Gasteiger partial charge in [-0.05, 0) is 30.2 Å². The minimum atomic E-state index is 0.816. The second-order valence-electron chi connectivity index (χ2n) is 3.92. The number of hydrogen-bond donors (Lipinski definition) is 0. The van der Waals surface area contributed by atoms with E-state index in [1.54, 1.807) is 11.3 Å². The first-order valence-corrected chi connectivity index (χ1v) is 6.45. The van der Waals surface area contributed by atoms with E-state index in [4.69, 9.17) is 4.74 Å². The van der Waals surface area contributed by atoms with Crippen LogP contribution in [0.1, 0.15) is 18.2 Å². The predicted molar refractivity (Wildman–Crippen MR) is 66.1 cm³/mol. The molecule has 0 fully saturated rings. The highest BCUT2D eigenvalue weighted by atomic mass is 32.1. The molecule has 1 aromatic heterocycles. The van der Waals surface area contributed by atoms with Crippen molar-refractivity contribution in [1.29, 1.82) is 0 Å². The third-order valence-electron chi connectivity index (χ3n) is 2.85. The van der Waals surface area contributed by atoms with Crippen molar-refractivity contribution in [2.45, 2.75) is 19.8 Å². The van der Waals surface area contributed by atoms with Gasteiger partial charge in [0, 0.05) is 17.4 Å². The largest absolute Gasteiger partial charge is 0.493 e. The molecule has 1 aromatic carbocycles. The molecule has 0 aliphatic carbocycles. The van der Waals surface area contributed by atoms with Gasteiger partial charge in [-0.2, -0.15) is 0 Å². The van der Waals surface area contributed by atoms with E-state index in [9.17, 15) is 0 Å². The number of aryl methyl sites for hydroxylation is 1. The molecule has 16 heavy (non-hydrogen) atoms. The lowest BCUT2D eigenvalue weighted by Crippen LogP contribution is -1.85. The number of ether oxygens (including phenoxy) is 1. The van der Waals surface area contributed by atoms with E-state index in [0.29, 0.717) is 0 Å². The molecule has 0 bridgehead atoms. The fourth-order valence-electron chi connectivity index (χ4n) is 1.92. The summed E-state index contributed by atoms with van der Waals surface area (Å²) in [5.41, 5.74) is 3.71. The Morgan fingerprint density at radius 1 is 1.44 bits per heavy atom. The van der Waals surface area contributed by atoms with Crippen molar-refractivity contribution in [3.8, 4) is 16.3 Å². The molecule has 0 radical (unpaired) electrons. The zero-order valence-electron chi connectivity index (χ0n) is 9.19. The maximum absolute atomic E-state index is 5.50. The molecule has 0 unspecified atom stereocenters. The summed E-state index contributed by atoms with van der Waals surface area (Å²) in [6.07, 6.45) is 2.03. The van der Waals surface area contributed by atoms with Crippen molar-refractivity contribution < 1.29 is 4.74 Å². The Hall–Kier alpha value is -1.35. The summed E-state index contributed by atoms with van der Waals surface area (Å²) in [6.45, 7) is 2.95. The van der Waals surface area contributed by atoms with E-state index in [-0.39, 0.29) is 0 Å². The molecule has 0 saturated heterocycles. The van der Waals surface area contributed by atoms with Gasteiger partial charge in [0.05, 0.1) is 12.3 Å². The Balaban J connectivity index is 2.00. The molecule has 0 spiro atoms. The van der Waals surface area contributed by atoms with Gasteiger partial charge in [-0.25, -0.2) is 4.98 Å². The van der Waals surface area contributed by atoms with E-state index in [1.165, 1.54) is 16.8 Å². The van der Waals surface area contributed by atoms with E-state index >= 15 is 0 Å². The van der Waals surface area contributed by atoms with Crippen molar-refractivity contribution in [3.05, 3.63) is 34.8 Å². The Morgan fingerprint density at radius 2 is 2.38 bits per heavy atom. The van der Waals surface area contributed by atoms with Crippen LogP contribution in [0.2, 0.25) is 0 Å². The highest BCUT2D eigenvalue weighted by molar-refractivity contribution is 7.13. The molecule has 0 atom stereocenters. The van der Waals surface area contributed by atoms with Gasteiger partial charge >= 0.3 is 0 Å². The van der Waals surface area contributed by atoms with Crippen LogP contribution in [0.5, 0.6) is 5.75 Å². The van der Waals surface area contributed by atoms with Crippen LogP contribution in [0.15, 0.2) is 23.6 Å². The Morgan fingerprint density at radius 3 is 3.19 bits per heavy atom. The number of fused-ring (bicyclic) bond motifs is 1. The lowest BCUT2D eigenvalue weighted by molar-refractivity contribution is 0.357. The van der Waals surface area contributed by atoms with Gasteiger partial charge in [0.1, 0.15) is 10.8 Å². The molecule has 1 aliphatic rings. The van der Waals surface area contributed by atoms with Gasteiger partial charge in [-0.15, -0.1) is 11.3 Å². The van der Waals surface area contributed by atoms with Crippen molar-refractivity contribution >= 4 is 11.3 Å². The summed E-state index contributed by atoms with van der Waals surface area (Å²) in [7, 11) is 0. The second-order valence-corrected chi connectivity index (χ2v) is 4.78. The summed E-state index contributed by atoms with van der Waals surface area (Å²) >= 11 is 1.72. The zero-order chi connectivity index (χ0) is 11.0. The number of hydrogen-bond acceptors (Lipinski definition) is 3. The van der Waals surface area contributed by atoms with E-state index in [0.717, 1.165) is 30.2 Å². The quantitative estimate of drug-likeness (QED) is 0.791. The number of rotatable bonds is 2. The lowest BCUT2D eigenvalue weighted by Gasteiger charge is -2.00. The Labute approximate surface area is 98.9 Å². The molecule has 1 aliphatic heterocycles. The van der Waals surface area contributed by atoms with Crippen LogP contribution in [-0.4, -0.2) is 11.6 Å². The molecule has 2 aromatic rings. The molecule has 82 valence electrons. The third kappa shape index (κ3) is 1.61. The monoisotopic (exact) mass is 231 g/mol. The summed E-state index contributed by atoms with van der Waals surface area (Å²) in [4.78, 5) is 4.60. The van der Waals surface area contributed by atoms with Crippen LogP contribution < -0.4 is 4.74 Å². The van der Waals surface area contributed by atoms with Gasteiger partial charge in [0.2, 0.25) is 0 Å². The van der Waals surface area contributed by atoms with E-state index in [1.807, 2.05) is 0 Å². The first kappa shape index (κ1) is 9.85. The second kappa shape index (κ2) is 3.91. The van der Waals surface area contributed by atoms with Crippen LogP contribution >= 0.6 is 11.3 Å². The van der Waals surface area contributed by atoms with E-state index < -0.39 is 0 Å². The van der Waals surface area contributed by atoms with Crippen LogP contribution in [0.4, 0.5) is 0 Å². The van der Waals surface area contributed by atoms with Gasteiger partial charge in [0.15, 0.2) is 0 Å². The number of thiazole rings is 1. The van der Waals surface area contributed by atoms with Crippen LogP contribution in [0, 0.1) is 0 Å². The molecule has 3 rings (SSSR count). The molecular formula is C13H13NOS. The fourth-order valence-corrected chi connectivity index (χ4v) is 2.82. The zero-order valence-corrected chi connectivity index (χ0v) is 10.0. The van der Waals surface area contributed by atoms with Gasteiger partial charge < -0.3 is 4.74 Å². The smallest absolute Gasteiger partial charge is 0.123 e. The minimum Gasteiger partial charge on any atom is -0.493 e. The summed E-state index contributed by atoms with van der Waals surface area (Å²) < 4.78 is 5.50. The summed E-state index contributed by atoms with van der Waals surface area (Å²) in [5.74, 6) is 1.04. The lowest BCUT2D eigenvalue weighted by atomic mass is 10.1. The van der Waals surface area contributed by atoms with Gasteiger partial charge in [-0.1, -0.05) is 6.92 Å². The van der Waals surface area contributed by atoms with Crippen molar-refractivity contribution in [2.24, 2.45) is 0 Å². The molecule has 3 heteroatoms. The normalized spacial score (nSPS) is 13.6. The molecule has 2 nitrogen and oxygen atoms in total. The predicted octanol–water partition coefficient (Wildman–Crippen LogP) is 3.31. The molecule has 0 N–H and O–H groups in total. The first-order chi connectivity index (χ1) is 7.86. The van der Waals surface area contributed by atoms with Crippen molar-refractivity contribution in [3.63, 3.8) is 0 Å². The first-order valence-electron chi connectivity index (χ1n) is 5.57. The molecule has 0 saturated carbocycles. The summed E-state index contributed by atoms with van der Waals surface area (Å²) in [5, 5.41) is 3.26. The van der Waals surface area contributed by atoms with Crippen molar-refractivity contribution in [2.75, 3.05) is 6.61 Å². The van der Waals surface area contributed by atoms with E-state index in [2.05, 4.69) is 35.5 Å². The van der Waals surface area contributed by atoms with Crippen molar-refractivity contribution in [1.82, 2.24) is 4.98 Å². The highest BCUT2D eigenvalue weighted by Gasteiger charge is 2.13. The van der Waals surface area contributed by atoms with Crippen LogP contribution in [-0.2, 0) is 12.8 Å². The average molecular weight is 231 g/mol. The maximum atomic E-state index is 5.50. The standard InChI is InChI=1S/C13H13NOS/c1-2-11-8-16-13(14-11)10-3-4-12-9(7-10)5-6-15-12/h3-4,7-8H,2,5-6H2,1H3. The minimum absolute atomic E-state index is 0.816. The van der Waals surface area contributed by atoms with Crippen LogP contribution in [0.25, 0.3) is 10.6 Å². The average Bonchev–Trinajstić information content (AvgIpc) is 2.96. The SMILES string of the molecule is CCc1csc(-c2ccc3c(c2)CCO3)n1. The highest BCUT2D eigenvalue weighted by Crippen LogP contribution is 2.31. The van der Waals surface area contributed by atoms with Crippen LogP contribution in [0.3, 0.4) is 0 Å². The fraction of sp³-hybridized carbons (Fsp3) is 0.308. The maximum Gasteiger partial charge on any atom is 0.123 e.